The lowest BCUT2D eigenvalue weighted by Crippen LogP contribution is -2.35. The molecule has 2 aromatic carbocycles. The van der Waals surface area contributed by atoms with Gasteiger partial charge in [0.1, 0.15) is 5.75 Å². The highest BCUT2D eigenvalue weighted by molar-refractivity contribution is 7.94. The van der Waals surface area contributed by atoms with Crippen molar-refractivity contribution in [2.45, 2.75) is 43.7 Å². The van der Waals surface area contributed by atoms with Crippen molar-refractivity contribution in [2.75, 3.05) is 9.62 Å². The van der Waals surface area contributed by atoms with Gasteiger partial charge in [0.15, 0.2) is 6.10 Å². The van der Waals surface area contributed by atoms with Gasteiger partial charge in [0, 0.05) is 6.04 Å². The monoisotopic (exact) mass is 458 g/mol. The molecule has 10 heteroatoms. The van der Waals surface area contributed by atoms with E-state index in [2.05, 4.69) is 15.5 Å². The number of anilines is 2. The predicted octanol–water partition coefficient (Wildman–Crippen LogP) is 3.39. The molecule has 2 heterocycles. The number of hydrogen-bond acceptors (Lipinski definition) is 7. The Labute approximate surface area is 184 Å². The largest absolute Gasteiger partial charge is 0.481 e. The molecule has 0 spiro atoms. The molecule has 1 amide bonds. The molecule has 1 aliphatic heterocycles. The Morgan fingerprint density at radius 3 is 2.71 bits per heavy atom. The van der Waals surface area contributed by atoms with Gasteiger partial charge in [-0.25, -0.2) is 0 Å². The number of sulfonamides is 1. The van der Waals surface area contributed by atoms with E-state index in [1.54, 1.807) is 31.2 Å². The Morgan fingerprint density at radius 2 is 1.97 bits per heavy atom. The molecule has 1 aromatic heterocycles. The first-order chi connectivity index (χ1) is 14.8. The van der Waals surface area contributed by atoms with Gasteiger partial charge in [0.2, 0.25) is 5.13 Å². The maximum Gasteiger partial charge on any atom is 0.293 e. The molecule has 31 heavy (non-hydrogen) atoms. The maximum atomic E-state index is 13.3. The van der Waals surface area contributed by atoms with Gasteiger partial charge < -0.3 is 4.74 Å². The Bertz CT molecular complexity index is 1210. The molecule has 1 aliphatic rings. The van der Waals surface area contributed by atoms with Crippen molar-refractivity contribution < 1.29 is 17.9 Å². The lowest BCUT2D eigenvalue weighted by atomic mass is 10.1. The summed E-state index contributed by atoms with van der Waals surface area (Å²) in [7, 11) is -3.91. The molecule has 3 aromatic rings. The van der Waals surface area contributed by atoms with Gasteiger partial charge in [0.05, 0.1) is 5.69 Å². The minimum Gasteiger partial charge on any atom is -0.481 e. The van der Waals surface area contributed by atoms with Crippen LogP contribution in [0.1, 0.15) is 25.0 Å². The lowest BCUT2D eigenvalue weighted by molar-refractivity contribution is -0.122. The van der Waals surface area contributed by atoms with Crippen LogP contribution in [0.3, 0.4) is 0 Å². The standard InChI is InChI=1S/C21H22N4O4S2/c1-13-9-10-16-12-14(2)25(18(16)11-13)31(27,28)21-24-23-20(30-21)22-19(26)15(3)29-17-7-5-4-6-8-17/h4-11,14-15H,12H2,1-3H3,(H,22,23,26)/t14-,15+/m0/s1. The number of nitrogens with one attached hydrogen (secondary N) is 1. The molecule has 0 aliphatic carbocycles. The van der Waals surface area contributed by atoms with Gasteiger partial charge in [-0.15, -0.1) is 10.2 Å². The van der Waals surface area contributed by atoms with Crippen molar-refractivity contribution in [3.63, 3.8) is 0 Å². The lowest BCUT2D eigenvalue weighted by Gasteiger charge is -2.22. The highest BCUT2D eigenvalue weighted by Gasteiger charge is 2.38. The Kier molecular flexibility index (Phi) is 5.67. The van der Waals surface area contributed by atoms with E-state index in [4.69, 9.17) is 4.74 Å². The number of rotatable bonds is 6. The van der Waals surface area contributed by atoms with Gasteiger partial charge in [-0.1, -0.05) is 41.7 Å². The fourth-order valence-corrected chi connectivity index (χ4v) is 6.14. The molecule has 0 radical (unpaired) electrons. The van der Waals surface area contributed by atoms with Crippen LogP contribution in [0.5, 0.6) is 5.75 Å². The number of carbonyl (C=O) groups is 1. The average molecular weight is 459 g/mol. The van der Waals surface area contributed by atoms with E-state index >= 15 is 0 Å². The molecule has 0 unspecified atom stereocenters. The molecule has 1 N–H and O–H groups in total. The Morgan fingerprint density at radius 1 is 1.23 bits per heavy atom. The molecule has 4 rings (SSSR count). The topological polar surface area (TPSA) is 101 Å². The molecular weight excluding hydrogens is 436 g/mol. The van der Waals surface area contributed by atoms with Crippen molar-refractivity contribution in [1.29, 1.82) is 0 Å². The van der Waals surface area contributed by atoms with Crippen LogP contribution < -0.4 is 14.4 Å². The molecule has 0 bridgehead atoms. The summed E-state index contributed by atoms with van der Waals surface area (Å²) >= 11 is 0.820. The molecule has 0 fully saturated rings. The number of carbonyl (C=O) groups excluding carboxylic acids is 1. The quantitative estimate of drug-likeness (QED) is 0.568. The number of amides is 1. The number of hydrogen-bond donors (Lipinski definition) is 1. The van der Waals surface area contributed by atoms with Crippen molar-refractivity contribution >= 4 is 38.1 Å². The van der Waals surface area contributed by atoms with Crippen molar-refractivity contribution in [3.8, 4) is 5.75 Å². The van der Waals surface area contributed by atoms with Crippen LogP contribution in [0.4, 0.5) is 10.8 Å². The number of fused-ring (bicyclic) bond motifs is 1. The van der Waals surface area contributed by atoms with Crippen LogP contribution >= 0.6 is 11.3 Å². The molecule has 162 valence electrons. The number of ether oxygens (including phenoxy) is 1. The third-order valence-electron chi connectivity index (χ3n) is 4.94. The van der Waals surface area contributed by atoms with E-state index in [0.717, 1.165) is 22.5 Å². The van der Waals surface area contributed by atoms with Crippen LogP contribution in [0.2, 0.25) is 0 Å². The second-order valence-corrected chi connectivity index (χ2v) is 10.4. The summed E-state index contributed by atoms with van der Waals surface area (Å²) in [5.41, 5.74) is 2.62. The van der Waals surface area contributed by atoms with Crippen molar-refractivity contribution in [1.82, 2.24) is 10.2 Å². The first kappa shape index (κ1) is 21.3. The second-order valence-electron chi connectivity index (χ2n) is 7.42. The second kappa shape index (κ2) is 8.27. The number of aryl methyl sites for hydroxylation is 1. The summed E-state index contributed by atoms with van der Waals surface area (Å²) in [4.78, 5) is 12.4. The van der Waals surface area contributed by atoms with Gasteiger partial charge >= 0.3 is 0 Å². The van der Waals surface area contributed by atoms with Crippen LogP contribution in [-0.4, -0.2) is 36.7 Å². The van der Waals surface area contributed by atoms with Gasteiger partial charge in [-0.2, -0.15) is 8.42 Å². The van der Waals surface area contributed by atoms with Crippen LogP contribution in [-0.2, 0) is 21.2 Å². The zero-order valence-corrected chi connectivity index (χ0v) is 18.9. The number of para-hydroxylation sites is 1. The minimum atomic E-state index is -3.91. The third kappa shape index (κ3) is 4.26. The maximum absolute atomic E-state index is 13.3. The van der Waals surface area contributed by atoms with Gasteiger partial charge in [-0.05, 0) is 56.5 Å². The van der Waals surface area contributed by atoms with E-state index in [1.165, 1.54) is 4.31 Å². The van der Waals surface area contributed by atoms with Crippen LogP contribution in [0, 0.1) is 6.92 Å². The van der Waals surface area contributed by atoms with E-state index < -0.39 is 22.0 Å². The number of nitrogens with zero attached hydrogens (tertiary/aromatic N) is 3. The fraction of sp³-hybridized carbons (Fsp3) is 0.286. The van der Waals surface area contributed by atoms with Gasteiger partial charge in [-0.3, -0.25) is 14.4 Å². The Hall–Kier alpha value is -2.98. The highest BCUT2D eigenvalue weighted by Crippen LogP contribution is 2.38. The predicted molar refractivity (Wildman–Crippen MR) is 119 cm³/mol. The molecule has 0 saturated carbocycles. The normalized spacial score (nSPS) is 16.6. The minimum absolute atomic E-state index is 0.100. The van der Waals surface area contributed by atoms with Crippen molar-refractivity contribution in [3.05, 3.63) is 59.7 Å². The van der Waals surface area contributed by atoms with Crippen molar-refractivity contribution in [2.24, 2.45) is 0 Å². The fourth-order valence-electron chi connectivity index (χ4n) is 3.47. The summed E-state index contributed by atoms with van der Waals surface area (Å²) in [6.45, 7) is 5.39. The summed E-state index contributed by atoms with van der Waals surface area (Å²) in [6, 6.07) is 14.5. The number of aromatic nitrogens is 2. The zero-order chi connectivity index (χ0) is 22.2. The summed E-state index contributed by atoms with van der Waals surface area (Å²) < 4.78 is 33.4. The molecule has 0 saturated heterocycles. The number of benzene rings is 2. The highest BCUT2D eigenvalue weighted by atomic mass is 32.2. The van der Waals surface area contributed by atoms with Crippen LogP contribution in [0.15, 0.2) is 52.9 Å². The van der Waals surface area contributed by atoms with E-state index in [0.29, 0.717) is 17.9 Å². The SMILES string of the molecule is Cc1ccc2c(c1)N(S(=O)(=O)c1nnc(NC(=O)[C@@H](C)Oc3ccccc3)s1)[C@@H](C)C2. The van der Waals surface area contributed by atoms with E-state index in [-0.39, 0.29) is 15.5 Å². The van der Waals surface area contributed by atoms with Crippen LogP contribution in [0.25, 0.3) is 0 Å². The molecule has 8 nitrogen and oxygen atoms in total. The third-order valence-corrected chi connectivity index (χ3v) is 8.05. The van der Waals surface area contributed by atoms with E-state index in [9.17, 15) is 13.2 Å². The first-order valence-corrected chi connectivity index (χ1v) is 12.0. The Balaban J connectivity index is 1.51. The summed E-state index contributed by atoms with van der Waals surface area (Å²) in [6.07, 6.45) is -0.161. The zero-order valence-electron chi connectivity index (χ0n) is 17.3. The molecular formula is C21H22N4O4S2. The van der Waals surface area contributed by atoms with Gasteiger partial charge in [0.25, 0.3) is 20.3 Å². The van der Waals surface area contributed by atoms with E-state index in [1.807, 2.05) is 38.1 Å². The first-order valence-electron chi connectivity index (χ1n) is 9.76. The summed E-state index contributed by atoms with van der Waals surface area (Å²) in [5.74, 6) is 0.113. The smallest absolute Gasteiger partial charge is 0.293 e. The average Bonchev–Trinajstić information content (AvgIpc) is 3.32. The summed E-state index contributed by atoms with van der Waals surface area (Å²) in [5, 5.41) is 10.4. The molecule has 2 atom stereocenters.